The zero-order valence-corrected chi connectivity index (χ0v) is 19.8. The molecule has 4 heterocycles. The average molecular weight is 478 g/mol. The molecule has 4 aromatic rings. The minimum absolute atomic E-state index is 0.0560. The van der Waals surface area contributed by atoms with Gasteiger partial charge in [-0.1, -0.05) is 11.8 Å². The number of aryl methyl sites for hydroxylation is 1. The molecule has 1 atom stereocenters. The van der Waals surface area contributed by atoms with Crippen LogP contribution in [0.15, 0.2) is 57.1 Å². The number of hydrogen-bond donors (Lipinski definition) is 1. The fraction of sp³-hybridized carbons (Fsp3) is 0.348. The Morgan fingerprint density at radius 1 is 1.15 bits per heavy atom. The summed E-state index contributed by atoms with van der Waals surface area (Å²) in [6, 6.07) is 5.79. The van der Waals surface area contributed by atoms with Gasteiger partial charge < -0.3 is 15.2 Å². The maximum Gasteiger partial charge on any atom is 0.260 e. The Hall–Kier alpha value is -2.82. The summed E-state index contributed by atoms with van der Waals surface area (Å²) in [4.78, 5) is 35.0. The molecule has 10 heteroatoms. The first-order chi connectivity index (χ1) is 16.0. The quantitative estimate of drug-likeness (QED) is 0.480. The lowest BCUT2D eigenvalue weighted by Crippen LogP contribution is -2.44. The van der Waals surface area contributed by atoms with Gasteiger partial charge in [0.15, 0.2) is 0 Å². The first-order valence-electron chi connectivity index (χ1n) is 10.9. The number of thiazole rings is 1. The molecule has 6 rings (SSSR count). The number of nitrogens with zero attached hydrogens (tertiary/aromatic N) is 6. The van der Waals surface area contributed by atoms with Gasteiger partial charge in [0.1, 0.15) is 10.8 Å². The summed E-state index contributed by atoms with van der Waals surface area (Å²) < 4.78 is 1.49. The number of anilines is 1. The summed E-state index contributed by atoms with van der Waals surface area (Å²) in [5.41, 5.74) is 10.5. The average Bonchev–Trinajstić information content (AvgIpc) is 3.39. The van der Waals surface area contributed by atoms with Crippen LogP contribution in [0.3, 0.4) is 0 Å². The van der Waals surface area contributed by atoms with E-state index < -0.39 is 0 Å². The van der Waals surface area contributed by atoms with E-state index in [1.165, 1.54) is 26.9 Å². The third kappa shape index (κ3) is 3.53. The highest BCUT2D eigenvalue weighted by Crippen LogP contribution is 2.51. The van der Waals surface area contributed by atoms with Crippen molar-refractivity contribution in [2.45, 2.75) is 35.2 Å². The summed E-state index contributed by atoms with van der Waals surface area (Å²) >= 11 is 3.18. The van der Waals surface area contributed by atoms with Gasteiger partial charge in [0.2, 0.25) is 0 Å². The summed E-state index contributed by atoms with van der Waals surface area (Å²) in [5.74, 6) is 0.894. The van der Waals surface area contributed by atoms with Crippen LogP contribution in [0.5, 0.6) is 0 Å². The molecule has 1 aliphatic heterocycles. The molecule has 0 radical (unpaired) electrons. The summed E-state index contributed by atoms with van der Waals surface area (Å²) in [5, 5.41) is 1.40. The van der Waals surface area contributed by atoms with Crippen LogP contribution in [0.1, 0.15) is 29.5 Å². The zero-order chi connectivity index (χ0) is 22.6. The van der Waals surface area contributed by atoms with E-state index in [9.17, 15) is 4.79 Å². The molecular formula is C23H23N7OS2. The summed E-state index contributed by atoms with van der Waals surface area (Å²) in [7, 11) is 1.71. The molecule has 1 spiro atoms. The van der Waals surface area contributed by atoms with Gasteiger partial charge in [-0.15, -0.1) is 11.3 Å². The first kappa shape index (κ1) is 20.8. The van der Waals surface area contributed by atoms with Crippen molar-refractivity contribution >= 4 is 39.8 Å². The van der Waals surface area contributed by atoms with Gasteiger partial charge in [0.05, 0.1) is 40.8 Å². The van der Waals surface area contributed by atoms with Crippen molar-refractivity contribution in [3.8, 4) is 0 Å². The highest BCUT2D eigenvalue weighted by atomic mass is 32.2. The maximum absolute atomic E-state index is 12.4. The minimum atomic E-state index is -0.0560. The Morgan fingerprint density at radius 2 is 2.00 bits per heavy atom. The molecule has 1 aliphatic carbocycles. The van der Waals surface area contributed by atoms with Crippen molar-refractivity contribution in [1.82, 2.24) is 24.5 Å². The second-order valence-corrected chi connectivity index (χ2v) is 10.8. The van der Waals surface area contributed by atoms with Crippen LogP contribution in [0.2, 0.25) is 0 Å². The smallest absolute Gasteiger partial charge is 0.260 e. The standard InChI is InChI=1S/C23H23N7OS2/c1-29-12-27-16-3-2-14(8-15(16)22(29)31)33-19-11-25-18(10-26-19)30-6-4-23(5-7-30)9-17-20(21(23)24)32-13-28-17/h2-3,8,10-13,21H,4-7,9,24H2,1H3/t21-/m1/s1. The van der Waals surface area contributed by atoms with Crippen LogP contribution in [-0.2, 0) is 13.5 Å². The second kappa shape index (κ2) is 7.89. The lowest BCUT2D eigenvalue weighted by atomic mass is 9.74. The van der Waals surface area contributed by atoms with Crippen molar-refractivity contribution in [1.29, 1.82) is 0 Å². The molecular weight excluding hydrogens is 454 g/mol. The molecule has 3 aromatic heterocycles. The van der Waals surface area contributed by atoms with Crippen LogP contribution in [-0.4, -0.2) is 37.6 Å². The topological polar surface area (TPSA) is 103 Å². The molecule has 168 valence electrons. The van der Waals surface area contributed by atoms with E-state index in [2.05, 4.69) is 24.8 Å². The largest absolute Gasteiger partial charge is 0.355 e. The number of nitrogens with two attached hydrogens (primary N) is 1. The molecule has 0 saturated carbocycles. The maximum atomic E-state index is 12.4. The van der Waals surface area contributed by atoms with Crippen molar-refractivity contribution in [2.24, 2.45) is 18.2 Å². The van der Waals surface area contributed by atoms with Gasteiger partial charge >= 0.3 is 0 Å². The lowest BCUT2D eigenvalue weighted by Gasteiger charge is -2.42. The molecule has 0 unspecified atom stereocenters. The lowest BCUT2D eigenvalue weighted by molar-refractivity contribution is 0.187. The fourth-order valence-electron chi connectivity index (χ4n) is 4.95. The van der Waals surface area contributed by atoms with E-state index in [0.29, 0.717) is 10.9 Å². The van der Waals surface area contributed by atoms with Crippen molar-refractivity contribution in [3.05, 3.63) is 63.4 Å². The Kier molecular flexibility index (Phi) is 4.97. The summed E-state index contributed by atoms with van der Waals surface area (Å²) in [6.07, 6.45) is 8.26. The molecule has 1 saturated heterocycles. The van der Waals surface area contributed by atoms with Crippen molar-refractivity contribution in [2.75, 3.05) is 18.0 Å². The fourth-order valence-corrected chi connectivity index (χ4v) is 6.67. The van der Waals surface area contributed by atoms with E-state index >= 15 is 0 Å². The molecule has 1 aromatic carbocycles. The zero-order valence-electron chi connectivity index (χ0n) is 18.1. The SMILES string of the molecule is Cn1cnc2ccc(Sc3cnc(N4CCC5(CC4)Cc4ncsc4[C@H]5N)cn3)cc2c1=O. The van der Waals surface area contributed by atoms with Crippen molar-refractivity contribution < 1.29 is 0 Å². The van der Waals surface area contributed by atoms with Gasteiger partial charge in [-0.2, -0.15) is 0 Å². The van der Waals surface area contributed by atoms with Crippen LogP contribution in [0.25, 0.3) is 10.9 Å². The number of benzene rings is 1. The number of aromatic nitrogens is 5. The van der Waals surface area contributed by atoms with Crippen LogP contribution in [0.4, 0.5) is 5.82 Å². The Bertz CT molecular complexity index is 1390. The molecule has 2 aliphatic rings. The number of piperidine rings is 1. The van der Waals surface area contributed by atoms with Gasteiger partial charge in [-0.25, -0.2) is 19.9 Å². The second-order valence-electron chi connectivity index (χ2n) is 8.82. The Balaban J connectivity index is 1.14. The Morgan fingerprint density at radius 3 is 2.76 bits per heavy atom. The van der Waals surface area contributed by atoms with Gasteiger partial charge in [0, 0.05) is 36.0 Å². The third-order valence-corrected chi connectivity index (χ3v) is 8.81. The molecule has 33 heavy (non-hydrogen) atoms. The number of fused-ring (bicyclic) bond motifs is 2. The van der Waals surface area contributed by atoms with E-state index in [1.807, 2.05) is 29.9 Å². The van der Waals surface area contributed by atoms with Gasteiger partial charge in [-0.05, 0) is 42.9 Å². The molecule has 8 nitrogen and oxygen atoms in total. The monoisotopic (exact) mass is 477 g/mol. The molecule has 2 N–H and O–H groups in total. The third-order valence-electron chi connectivity index (χ3n) is 6.94. The highest BCUT2D eigenvalue weighted by Gasteiger charge is 2.47. The molecule has 0 amide bonds. The van der Waals surface area contributed by atoms with Gasteiger partial charge in [0.25, 0.3) is 5.56 Å². The Labute approximate surface area is 198 Å². The predicted octanol–water partition coefficient (Wildman–Crippen LogP) is 3.17. The van der Waals surface area contributed by atoms with Crippen LogP contribution < -0.4 is 16.2 Å². The van der Waals surface area contributed by atoms with Crippen molar-refractivity contribution in [3.63, 3.8) is 0 Å². The van der Waals surface area contributed by atoms with E-state index in [4.69, 9.17) is 5.73 Å². The van der Waals surface area contributed by atoms with Crippen LogP contribution in [0, 0.1) is 5.41 Å². The summed E-state index contributed by atoms with van der Waals surface area (Å²) in [6.45, 7) is 1.84. The first-order valence-corrected chi connectivity index (χ1v) is 12.6. The number of rotatable bonds is 3. The molecule has 1 fully saturated rings. The van der Waals surface area contributed by atoms with Crippen LogP contribution >= 0.6 is 23.1 Å². The van der Waals surface area contributed by atoms with Gasteiger partial charge in [-0.3, -0.25) is 4.79 Å². The highest BCUT2D eigenvalue weighted by molar-refractivity contribution is 7.99. The molecule has 0 bridgehead atoms. The van der Waals surface area contributed by atoms with E-state index in [1.54, 1.807) is 30.9 Å². The normalized spacial score (nSPS) is 19.3. The minimum Gasteiger partial charge on any atom is -0.355 e. The predicted molar refractivity (Wildman–Crippen MR) is 130 cm³/mol. The van der Waals surface area contributed by atoms with E-state index in [-0.39, 0.29) is 17.0 Å². The van der Waals surface area contributed by atoms with E-state index in [0.717, 1.165) is 48.1 Å². The number of hydrogen-bond acceptors (Lipinski definition) is 9.